The number of aromatic nitrogens is 2. The highest BCUT2D eigenvalue weighted by molar-refractivity contribution is 5.06. The molecule has 1 unspecified atom stereocenters. The van der Waals surface area contributed by atoms with Crippen molar-refractivity contribution in [3.8, 4) is 0 Å². The van der Waals surface area contributed by atoms with Crippen molar-refractivity contribution in [3.63, 3.8) is 0 Å². The molecule has 18 heavy (non-hydrogen) atoms. The molecule has 5 nitrogen and oxygen atoms in total. The first-order valence-corrected chi connectivity index (χ1v) is 7.00. The number of hydrogen-bond donors (Lipinski definition) is 1. The maximum Gasteiger partial charge on any atom is 0.226 e. The molecular formula is C13H21N3O2. The van der Waals surface area contributed by atoms with E-state index in [0.717, 1.165) is 51.6 Å². The molecule has 1 atom stereocenters. The molecule has 2 fully saturated rings. The summed E-state index contributed by atoms with van der Waals surface area (Å²) < 4.78 is 10.9. The molecule has 100 valence electrons. The van der Waals surface area contributed by atoms with Crippen molar-refractivity contribution >= 4 is 0 Å². The number of hydrogen-bond acceptors (Lipinski definition) is 5. The highest BCUT2D eigenvalue weighted by Crippen LogP contribution is 2.34. The highest BCUT2D eigenvalue weighted by Gasteiger charge is 2.35. The van der Waals surface area contributed by atoms with Gasteiger partial charge < -0.3 is 15.0 Å². The second-order valence-corrected chi connectivity index (χ2v) is 5.55. The van der Waals surface area contributed by atoms with Crippen LogP contribution in [0.25, 0.3) is 0 Å². The van der Waals surface area contributed by atoms with Crippen molar-refractivity contribution in [2.45, 2.75) is 63.0 Å². The van der Waals surface area contributed by atoms with E-state index in [0.29, 0.717) is 17.8 Å². The van der Waals surface area contributed by atoms with Crippen LogP contribution in [-0.4, -0.2) is 22.9 Å². The Morgan fingerprint density at radius 2 is 2.11 bits per heavy atom. The standard InChI is InChI=1S/C13H21N3O2/c14-13(7-1-2-8-13)12-15-11(18-16-12)6-5-10-4-3-9-17-10/h10H,1-9,14H2. The molecule has 1 aliphatic carbocycles. The lowest BCUT2D eigenvalue weighted by atomic mass is 9.99. The summed E-state index contributed by atoms with van der Waals surface area (Å²) in [6, 6.07) is 0. The number of nitrogens with zero attached hydrogens (tertiary/aromatic N) is 2. The van der Waals surface area contributed by atoms with Crippen molar-refractivity contribution in [1.29, 1.82) is 0 Å². The van der Waals surface area contributed by atoms with E-state index in [1.54, 1.807) is 0 Å². The van der Waals surface area contributed by atoms with Crippen LogP contribution in [0.2, 0.25) is 0 Å². The van der Waals surface area contributed by atoms with E-state index in [-0.39, 0.29) is 5.54 Å². The molecule has 1 aromatic heterocycles. The summed E-state index contributed by atoms with van der Waals surface area (Å²) in [7, 11) is 0. The van der Waals surface area contributed by atoms with Crippen LogP contribution in [0, 0.1) is 0 Å². The quantitative estimate of drug-likeness (QED) is 0.884. The van der Waals surface area contributed by atoms with Gasteiger partial charge in [-0.05, 0) is 32.1 Å². The topological polar surface area (TPSA) is 74.2 Å². The average molecular weight is 251 g/mol. The first-order valence-electron chi connectivity index (χ1n) is 7.00. The fourth-order valence-corrected chi connectivity index (χ4v) is 2.94. The Hall–Kier alpha value is -0.940. The molecule has 2 aliphatic rings. The van der Waals surface area contributed by atoms with Gasteiger partial charge in [-0.1, -0.05) is 18.0 Å². The molecule has 1 saturated carbocycles. The summed E-state index contributed by atoms with van der Waals surface area (Å²) in [6.45, 7) is 0.895. The number of rotatable bonds is 4. The fraction of sp³-hybridized carbons (Fsp3) is 0.846. The van der Waals surface area contributed by atoms with Crippen LogP contribution in [0.1, 0.15) is 56.7 Å². The lowest BCUT2D eigenvalue weighted by Crippen LogP contribution is -2.34. The molecule has 2 heterocycles. The van der Waals surface area contributed by atoms with Gasteiger partial charge in [-0.15, -0.1) is 0 Å². The molecule has 3 rings (SSSR count). The van der Waals surface area contributed by atoms with Crippen molar-refractivity contribution in [2.24, 2.45) is 5.73 Å². The summed E-state index contributed by atoms with van der Waals surface area (Å²) in [5, 5.41) is 4.06. The second-order valence-electron chi connectivity index (χ2n) is 5.55. The van der Waals surface area contributed by atoms with Gasteiger partial charge in [0, 0.05) is 13.0 Å². The third-order valence-electron chi connectivity index (χ3n) is 4.11. The van der Waals surface area contributed by atoms with E-state index in [4.69, 9.17) is 15.0 Å². The first-order chi connectivity index (χ1) is 8.76. The molecule has 5 heteroatoms. The Balaban J connectivity index is 1.59. The summed E-state index contributed by atoms with van der Waals surface area (Å²) in [6.07, 6.45) is 8.74. The van der Waals surface area contributed by atoms with Gasteiger partial charge in [0.2, 0.25) is 5.89 Å². The third-order valence-corrected chi connectivity index (χ3v) is 4.11. The second kappa shape index (κ2) is 4.97. The summed E-state index contributed by atoms with van der Waals surface area (Å²) in [5.41, 5.74) is 5.96. The molecule has 1 saturated heterocycles. The lowest BCUT2D eigenvalue weighted by Gasteiger charge is -2.17. The van der Waals surface area contributed by atoms with Gasteiger partial charge in [0.25, 0.3) is 0 Å². The first kappa shape index (κ1) is 12.1. The van der Waals surface area contributed by atoms with Crippen LogP contribution in [0.5, 0.6) is 0 Å². The SMILES string of the molecule is NC1(c2noc(CCC3CCCO3)n2)CCCC1. The summed E-state index contributed by atoms with van der Waals surface area (Å²) >= 11 is 0. The van der Waals surface area contributed by atoms with Crippen molar-refractivity contribution in [2.75, 3.05) is 6.61 Å². The summed E-state index contributed by atoms with van der Waals surface area (Å²) in [5.74, 6) is 1.40. The van der Waals surface area contributed by atoms with Gasteiger partial charge in [0.15, 0.2) is 5.82 Å². The molecule has 0 bridgehead atoms. The van der Waals surface area contributed by atoms with Gasteiger partial charge in [-0.3, -0.25) is 0 Å². The molecule has 0 radical (unpaired) electrons. The fourth-order valence-electron chi connectivity index (χ4n) is 2.94. The van der Waals surface area contributed by atoms with E-state index in [1.165, 1.54) is 6.42 Å². The zero-order valence-corrected chi connectivity index (χ0v) is 10.7. The molecular weight excluding hydrogens is 230 g/mol. The van der Waals surface area contributed by atoms with Crippen molar-refractivity contribution < 1.29 is 9.26 Å². The largest absolute Gasteiger partial charge is 0.378 e. The van der Waals surface area contributed by atoms with Gasteiger partial charge in [-0.2, -0.15) is 4.98 Å². The van der Waals surface area contributed by atoms with E-state index in [9.17, 15) is 0 Å². The minimum atomic E-state index is -0.342. The molecule has 1 aliphatic heterocycles. The predicted octanol–water partition coefficient (Wildman–Crippen LogP) is 1.91. The molecule has 0 amide bonds. The van der Waals surface area contributed by atoms with Crippen molar-refractivity contribution in [3.05, 3.63) is 11.7 Å². The number of nitrogens with two attached hydrogens (primary N) is 1. The maximum absolute atomic E-state index is 6.30. The van der Waals surface area contributed by atoms with Crippen LogP contribution < -0.4 is 5.73 Å². The van der Waals surface area contributed by atoms with E-state index in [1.807, 2.05) is 0 Å². The van der Waals surface area contributed by atoms with Crippen molar-refractivity contribution in [1.82, 2.24) is 10.1 Å². The molecule has 2 N–H and O–H groups in total. The van der Waals surface area contributed by atoms with E-state index < -0.39 is 0 Å². The van der Waals surface area contributed by atoms with E-state index >= 15 is 0 Å². The Bertz CT molecular complexity index is 393. The number of ether oxygens (including phenoxy) is 1. The number of aryl methyl sites for hydroxylation is 1. The Labute approximate surface area is 107 Å². The zero-order chi connectivity index (χ0) is 12.4. The molecule has 0 spiro atoms. The van der Waals surface area contributed by atoms with Gasteiger partial charge in [0.1, 0.15) is 0 Å². The molecule has 0 aromatic carbocycles. The molecule has 1 aromatic rings. The van der Waals surface area contributed by atoms with Gasteiger partial charge in [-0.25, -0.2) is 0 Å². The Morgan fingerprint density at radius 1 is 1.28 bits per heavy atom. The predicted molar refractivity (Wildman–Crippen MR) is 65.9 cm³/mol. The maximum atomic E-state index is 6.30. The average Bonchev–Trinajstić information content (AvgIpc) is 3.08. The Morgan fingerprint density at radius 3 is 2.83 bits per heavy atom. The third kappa shape index (κ3) is 2.42. The van der Waals surface area contributed by atoms with E-state index in [2.05, 4.69) is 10.1 Å². The lowest BCUT2D eigenvalue weighted by molar-refractivity contribution is 0.102. The van der Waals surface area contributed by atoms with Crippen LogP contribution in [0.3, 0.4) is 0 Å². The monoisotopic (exact) mass is 251 g/mol. The van der Waals surface area contributed by atoms with Crippen LogP contribution in [0.4, 0.5) is 0 Å². The summed E-state index contributed by atoms with van der Waals surface area (Å²) in [4.78, 5) is 4.47. The minimum Gasteiger partial charge on any atom is -0.378 e. The van der Waals surface area contributed by atoms with Crippen LogP contribution >= 0.6 is 0 Å². The van der Waals surface area contributed by atoms with Crippen LogP contribution in [-0.2, 0) is 16.7 Å². The zero-order valence-electron chi connectivity index (χ0n) is 10.7. The van der Waals surface area contributed by atoms with Gasteiger partial charge in [0.05, 0.1) is 11.6 Å². The Kier molecular flexibility index (Phi) is 3.35. The van der Waals surface area contributed by atoms with Gasteiger partial charge >= 0.3 is 0 Å². The smallest absolute Gasteiger partial charge is 0.226 e. The van der Waals surface area contributed by atoms with Crippen LogP contribution in [0.15, 0.2) is 4.52 Å². The highest BCUT2D eigenvalue weighted by atomic mass is 16.5. The minimum absolute atomic E-state index is 0.342. The normalized spacial score (nSPS) is 26.8.